The van der Waals surface area contributed by atoms with Crippen LogP contribution in [0.2, 0.25) is 0 Å². The van der Waals surface area contributed by atoms with E-state index in [1.807, 2.05) is 20.8 Å². The van der Waals surface area contributed by atoms with Crippen LogP contribution in [0.5, 0.6) is 0 Å². The van der Waals surface area contributed by atoms with Gasteiger partial charge in [-0.05, 0) is 20.3 Å². The minimum atomic E-state index is -0.818. The van der Waals surface area contributed by atoms with E-state index in [0.29, 0.717) is 59.1 Å². The Kier molecular flexibility index (Phi) is 49.7. The summed E-state index contributed by atoms with van der Waals surface area (Å²) in [7, 11) is 7.40. The lowest BCUT2D eigenvalue weighted by Crippen LogP contribution is -2.20. The summed E-state index contributed by atoms with van der Waals surface area (Å²) >= 11 is 0. The summed E-state index contributed by atoms with van der Waals surface area (Å²) in [6.45, 7) is 10.5. The Balaban J connectivity index is -0.000000150. The summed E-state index contributed by atoms with van der Waals surface area (Å²) in [6, 6.07) is 0. The molecule has 0 heterocycles. The summed E-state index contributed by atoms with van der Waals surface area (Å²) in [6.07, 6.45) is 1.71. The van der Waals surface area contributed by atoms with Crippen LogP contribution >= 0.6 is 0 Å². The van der Waals surface area contributed by atoms with Crippen molar-refractivity contribution >= 4 is 29.8 Å². The van der Waals surface area contributed by atoms with Crippen LogP contribution in [0.1, 0.15) is 66.2 Å². The Morgan fingerprint density at radius 3 is 1.47 bits per heavy atom. The fraction of sp³-hybridized carbons (Fsp3) is 0.828. The molecule has 0 aliphatic rings. The van der Waals surface area contributed by atoms with E-state index < -0.39 is 24.2 Å². The fourth-order valence-electron chi connectivity index (χ4n) is 2.11. The highest BCUT2D eigenvalue weighted by atomic mass is 16.7. The third-order valence-electron chi connectivity index (χ3n) is 4.63. The van der Waals surface area contributed by atoms with Gasteiger partial charge in [-0.2, -0.15) is 0 Å². The van der Waals surface area contributed by atoms with E-state index in [1.165, 1.54) is 28.4 Å². The van der Waals surface area contributed by atoms with Gasteiger partial charge in [0.25, 0.3) is 0 Å². The normalized spacial score (nSPS) is 10.8. The highest BCUT2D eigenvalue weighted by Crippen LogP contribution is 2.02. The predicted octanol–water partition coefficient (Wildman–Crippen LogP) is 2.88. The molecule has 0 amide bonds. The molecular formula is C29H58O16. The van der Waals surface area contributed by atoms with Gasteiger partial charge in [0.05, 0.1) is 58.7 Å². The molecule has 0 fully saturated rings. The average molecular weight is 663 g/mol. The van der Waals surface area contributed by atoms with Crippen molar-refractivity contribution in [1.29, 1.82) is 0 Å². The summed E-state index contributed by atoms with van der Waals surface area (Å²) in [5.41, 5.74) is 0. The smallest absolute Gasteiger partial charge is 0.310 e. The zero-order valence-corrected chi connectivity index (χ0v) is 28.5. The third kappa shape index (κ3) is 54.0. The van der Waals surface area contributed by atoms with Crippen molar-refractivity contribution in [2.75, 3.05) is 81.8 Å². The molecule has 0 bridgehead atoms. The first kappa shape index (κ1) is 51.7. The van der Waals surface area contributed by atoms with Gasteiger partial charge in [-0.15, -0.1) is 0 Å². The average Bonchev–Trinajstić information content (AvgIpc) is 3.02. The first-order valence-electron chi connectivity index (χ1n) is 14.4. The standard InChI is InChI=1S/C7H14O4.2C7H14O3.2C4H8O3/c1-4-11-7(10-3)5-6(8)9-2;1-3-7(8)10-6-4-5-9-2;1-3-6(7(8)9)5-10-4-2;2*1-7-3-2-4(5)6/h7H,4-5H2,1-3H3;3-6H2,1-2H3;6H,3-5H2,1-2H3,(H,8,9);2*2-3H2,1H3,(H,5,6). The van der Waals surface area contributed by atoms with Crippen LogP contribution in [0.25, 0.3) is 0 Å². The number of carboxylic acid groups (broad SMARTS) is 3. The lowest BCUT2D eigenvalue weighted by atomic mass is 10.1. The molecule has 0 aromatic carbocycles. The van der Waals surface area contributed by atoms with E-state index in [9.17, 15) is 24.0 Å². The lowest BCUT2D eigenvalue weighted by Gasteiger charge is -2.12. The molecule has 2 unspecified atom stereocenters. The summed E-state index contributed by atoms with van der Waals surface area (Å²) in [4.78, 5) is 50.9. The highest BCUT2D eigenvalue weighted by Gasteiger charge is 2.14. The molecule has 2 atom stereocenters. The molecule has 0 saturated heterocycles. The Hall–Kier alpha value is -2.89. The number of esters is 2. The maximum absolute atomic E-state index is 10.7. The van der Waals surface area contributed by atoms with Crippen LogP contribution < -0.4 is 0 Å². The van der Waals surface area contributed by atoms with E-state index in [0.717, 1.165) is 6.42 Å². The monoisotopic (exact) mass is 662 g/mol. The van der Waals surface area contributed by atoms with Crippen LogP contribution in [0.15, 0.2) is 0 Å². The van der Waals surface area contributed by atoms with Crippen molar-refractivity contribution in [2.45, 2.75) is 72.5 Å². The molecule has 0 aromatic heterocycles. The summed E-state index contributed by atoms with van der Waals surface area (Å²) in [5, 5.41) is 24.4. The van der Waals surface area contributed by atoms with E-state index in [2.05, 4.69) is 14.2 Å². The molecule has 0 radical (unpaired) electrons. The minimum absolute atomic E-state index is 0.0938. The molecular weight excluding hydrogens is 604 g/mol. The summed E-state index contributed by atoms with van der Waals surface area (Å²) in [5.74, 6) is -3.21. The van der Waals surface area contributed by atoms with E-state index in [4.69, 9.17) is 39.0 Å². The molecule has 3 N–H and O–H groups in total. The van der Waals surface area contributed by atoms with Gasteiger partial charge in [0, 0.05) is 61.1 Å². The number of rotatable bonds is 21. The van der Waals surface area contributed by atoms with E-state index in [1.54, 1.807) is 14.0 Å². The molecule has 16 heteroatoms. The number of hydrogen-bond acceptors (Lipinski definition) is 13. The molecule has 0 rings (SSSR count). The maximum atomic E-state index is 10.7. The molecule has 45 heavy (non-hydrogen) atoms. The minimum Gasteiger partial charge on any atom is -0.481 e. The second-order valence-electron chi connectivity index (χ2n) is 8.20. The van der Waals surface area contributed by atoms with Crippen molar-refractivity contribution in [2.24, 2.45) is 5.92 Å². The molecule has 0 aliphatic heterocycles. The molecule has 0 aromatic rings. The highest BCUT2D eigenvalue weighted by molar-refractivity contribution is 5.70. The molecule has 0 spiro atoms. The van der Waals surface area contributed by atoms with Crippen LogP contribution in [0.3, 0.4) is 0 Å². The second-order valence-corrected chi connectivity index (χ2v) is 8.20. The number of carbonyl (C=O) groups excluding carboxylic acids is 2. The SMILES string of the molecule is CCC(=O)OCCCOC.CCOC(CC(=O)OC)OC.CCOCC(CC)C(=O)O.COCCC(=O)O.COCCC(=O)O. The van der Waals surface area contributed by atoms with Gasteiger partial charge in [0.15, 0.2) is 6.29 Å². The zero-order valence-electron chi connectivity index (χ0n) is 28.5. The Bertz CT molecular complexity index is 669. The van der Waals surface area contributed by atoms with Crippen LogP contribution in [0, 0.1) is 5.92 Å². The van der Waals surface area contributed by atoms with E-state index >= 15 is 0 Å². The number of aliphatic carboxylic acids is 3. The van der Waals surface area contributed by atoms with Crippen LogP contribution in [0.4, 0.5) is 0 Å². The third-order valence-corrected chi connectivity index (χ3v) is 4.63. The van der Waals surface area contributed by atoms with Gasteiger partial charge in [0.1, 0.15) is 0 Å². The lowest BCUT2D eigenvalue weighted by molar-refractivity contribution is -0.161. The second kappa shape index (κ2) is 43.2. The Morgan fingerprint density at radius 1 is 0.667 bits per heavy atom. The van der Waals surface area contributed by atoms with Crippen LogP contribution in [-0.2, 0) is 61.9 Å². The summed E-state index contributed by atoms with van der Waals surface area (Å²) < 4.78 is 37.8. The molecule has 16 nitrogen and oxygen atoms in total. The first-order valence-corrected chi connectivity index (χ1v) is 14.4. The first-order chi connectivity index (χ1) is 21.3. The Labute approximate surface area is 267 Å². The van der Waals surface area contributed by atoms with Gasteiger partial charge in [-0.1, -0.05) is 13.8 Å². The van der Waals surface area contributed by atoms with Crippen molar-refractivity contribution < 1.29 is 77.2 Å². The topological polar surface area (TPSA) is 220 Å². The van der Waals surface area contributed by atoms with Gasteiger partial charge in [-0.25, -0.2) is 0 Å². The zero-order chi connectivity index (χ0) is 35.9. The van der Waals surface area contributed by atoms with Gasteiger partial charge >= 0.3 is 29.8 Å². The van der Waals surface area contributed by atoms with Crippen molar-refractivity contribution in [3.63, 3.8) is 0 Å². The fourth-order valence-corrected chi connectivity index (χ4v) is 2.11. The molecule has 270 valence electrons. The largest absolute Gasteiger partial charge is 0.481 e. The maximum Gasteiger partial charge on any atom is 0.310 e. The van der Waals surface area contributed by atoms with Gasteiger partial charge in [-0.3, -0.25) is 24.0 Å². The molecule has 0 aliphatic carbocycles. The number of ether oxygens (including phenoxy) is 8. The van der Waals surface area contributed by atoms with Gasteiger partial charge < -0.3 is 53.2 Å². The number of carboxylic acids is 3. The quantitative estimate of drug-likeness (QED) is 0.0913. The number of carbonyl (C=O) groups is 5. The van der Waals surface area contributed by atoms with Gasteiger partial charge in [0.2, 0.25) is 0 Å². The van der Waals surface area contributed by atoms with E-state index in [-0.39, 0.29) is 37.1 Å². The number of methoxy groups -OCH3 is 5. The predicted molar refractivity (Wildman–Crippen MR) is 163 cm³/mol. The number of hydrogen-bond donors (Lipinski definition) is 3. The van der Waals surface area contributed by atoms with Crippen molar-refractivity contribution in [1.82, 2.24) is 0 Å². The van der Waals surface area contributed by atoms with Crippen LogP contribution in [-0.4, -0.2) is 133 Å². The Morgan fingerprint density at radius 2 is 1.18 bits per heavy atom. The van der Waals surface area contributed by atoms with Crippen molar-refractivity contribution in [3.8, 4) is 0 Å². The molecule has 0 saturated carbocycles. The van der Waals surface area contributed by atoms with Crippen molar-refractivity contribution in [3.05, 3.63) is 0 Å².